The number of ketones is 1. The van der Waals surface area contributed by atoms with Crippen LogP contribution in [-0.4, -0.2) is 62.8 Å². The SMILES string of the molecule is COc1ccc(-c2ccc(C#CC(C)(C)O)nc2[C@@H](CC(=O)Cn2nc(C(F)F)c3c2C(F)(F)[C@@H]2C[C@H]32)Cc2cc(F)cc(F)c2)c2c1c(NS(C)(=O)=O)nn2C. The summed E-state index contributed by atoms with van der Waals surface area (Å²) in [7, 11) is -0.885. The van der Waals surface area contributed by atoms with Gasteiger partial charge in [0.2, 0.25) is 10.0 Å². The number of carbonyl (C=O) groups excluding carboxylic acids is 1. The maximum atomic E-state index is 15.4. The molecule has 1 saturated carbocycles. The third-order valence-electron chi connectivity index (χ3n) is 9.92. The van der Waals surface area contributed by atoms with Gasteiger partial charge in [-0.3, -0.25) is 18.9 Å². The highest BCUT2D eigenvalue weighted by Crippen LogP contribution is 2.68. The minimum Gasteiger partial charge on any atom is -0.496 e. The van der Waals surface area contributed by atoms with Crippen LogP contribution in [0.4, 0.5) is 32.2 Å². The summed E-state index contributed by atoms with van der Waals surface area (Å²) in [5, 5.41) is 18.8. The highest BCUT2D eigenvalue weighted by molar-refractivity contribution is 7.92. The second-order valence-electron chi connectivity index (χ2n) is 14.9. The molecule has 57 heavy (non-hydrogen) atoms. The lowest BCUT2D eigenvalue weighted by Crippen LogP contribution is -2.24. The number of anilines is 1. The molecule has 3 heterocycles. The predicted octanol–water partition coefficient (Wildman–Crippen LogP) is 6.74. The highest BCUT2D eigenvalue weighted by atomic mass is 32.2. The molecule has 0 aliphatic heterocycles. The van der Waals surface area contributed by atoms with Crippen LogP contribution in [0.15, 0.2) is 42.5 Å². The van der Waals surface area contributed by atoms with Gasteiger partial charge in [0.1, 0.15) is 46.6 Å². The number of aryl methyl sites for hydroxylation is 1. The van der Waals surface area contributed by atoms with E-state index in [9.17, 15) is 35.9 Å². The Labute approximate surface area is 323 Å². The molecule has 2 N–H and O–H groups in total. The van der Waals surface area contributed by atoms with Crippen LogP contribution < -0.4 is 9.46 Å². The number of aromatic nitrogens is 5. The van der Waals surface area contributed by atoms with E-state index in [4.69, 9.17) is 9.72 Å². The molecule has 18 heteroatoms. The van der Waals surface area contributed by atoms with Crippen molar-refractivity contribution in [3.63, 3.8) is 0 Å². The number of carbonyl (C=O) groups is 1. The van der Waals surface area contributed by atoms with E-state index in [2.05, 4.69) is 26.8 Å². The Morgan fingerprint density at radius 3 is 2.40 bits per heavy atom. The first-order valence-corrected chi connectivity index (χ1v) is 19.6. The van der Waals surface area contributed by atoms with Gasteiger partial charge in [0.15, 0.2) is 11.6 Å². The van der Waals surface area contributed by atoms with Gasteiger partial charge in [-0.1, -0.05) is 5.92 Å². The summed E-state index contributed by atoms with van der Waals surface area (Å²) in [6.07, 6.45) is -2.89. The van der Waals surface area contributed by atoms with E-state index in [-0.39, 0.29) is 52.3 Å². The van der Waals surface area contributed by atoms with Crippen molar-refractivity contribution in [1.29, 1.82) is 0 Å². The van der Waals surface area contributed by atoms with Gasteiger partial charge in [-0.2, -0.15) is 19.0 Å². The number of hydrogen-bond donors (Lipinski definition) is 2. The molecule has 11 nitrogen and oxygen atoms in total. The molecular weight excluding hydrogens is 779 g/mol. The maximum absolute atomic E-state index is 15.4. The first-order chi connectivity index (χ1) is 26.6. The number of ether oxygens (including phenoxy) is 1. The molecule has 1 fully saturated rings. The minimum absolute atomic E-state index is 0.0356. The Kier molecular flexibility index (Phi) is 9.92. The quantitative estimate of drug-likeness (QED) is 0.104. The third-order valence-corrected chi connectivity index (χ3v) is 10.5. The fourth-order valence-corrected chi connectivity index (χ4v) is 8.18. The lowest BCUT2D eigenvalue weighted by atomic mass is 9.86. The van der Waals surface area contributed by atoms with Gasteiger partial charge < -0.3 is 9.84 Å². The van der Waals surface area contributed by atoms with Gasteiger partial charge in [0.05, 0.1) is 30.0 Å². The van der Waals surface area contributed by atoms with Crippen LogP contribution in [-0.2, 0) is 40.8 Å². The van der Waals surface area contributed by atoms with E-state index < -0.39 is 87.5 Å². The monoisotopic (exact) mass is 814 g/mol. The highest BCUT2D eigenvalue weighted by Gasteiger charge is 2.67. The molecular formula is C39H36F6N6O5S. The number of hydrogen-bond acceptors (Lipinski definition) is 8. The molecule has 0 bridgehead atoms. The van der Waals surface area contributed by atoms with Gasteiger partial charge in [-0.05, 0) is 80.5 Å². The van der Waals surface area contributed by atoms with Crippen molar-refractivity contribution in [3.05, 3.63) is 88.0 Å². The van der Waals surface area contributed by atoms with Crippen molar-refractivity contribution in [1.82, 2.24) is 24.5 Å². The van der Waals surface area contributed by atoms with E-state index in [1.807, 2.05) is 0 Å². The summed E-state index contributed by atoms with van der Waals surface area (Å²) >= 11 is 0. The number of nitrogens with one attached hydrogen (secondary N) is 1. The van der Waals surface area contributed by atoms with Crippen LogP contribution in [0, 0.1) is 29.4 Å². The average molecular weight is 815 g/mol. The summed E-state index contributed by atoms with van der Waals surface area (Å²) < 4.78 is 123. The summed E-state index contributed by atoms with van der Waals surface area (Å²) in [6, 6.07) is 9.15. The number of aliphatic hydroxyl groups is 1. The smallest absolute Gasteiger partial charge is 0.293 e. The number of alkyl halides is 4. The second kappa shape index (κ2) is 14.2. The van der Waals surface area contributed by atoms with Crippen molar-refractivity contribution in [2.45, 2.75) is 69.4 Å². The second-order valence-corrected chi connectivity index (χ2v) is 16.7. The van der Waals surface area contributed by atoms with Crippen molar-refractivity contribution >= 4 is 32.5 Å². The van der Waals surface area contributed by atoms with E-state index >= 15 is 8.78 Å². The number of rotatable bonds is 12. The molecule has 2 aliphatic carbocycles. The number of nitrogens with zero attached hydrogens (tertiary/aromatic N) is 5. The van der Waals surface area contributed by atoms with Gasteiger partial charge in [-0.25, -0.2) is 31.0 Å². The number of benzene rings is 2. The van der Waals surface area contributed by atoms with Crippen LogP contribution in [0.5, 0.6) is 5.75 Å². The van der Waals surface area contributed by atoms with E-state index in [1.54, 1.807) is 25.2 Å². The van der Waals surface area contributed by atoms with Crippen LogP contribution in [0.25, 0.3) is 22.0 Å². The minimum atomic E-state index is -3.82. The van der Waals surface area contributed by atoms with Crippen molar-refractivity contribution in [2.75, 3.05) is 18.1 Å². The van der Waals surface area contributed by atoms with Gasteiger partial charge >= 0.3 is 0 Å². The number of sulfonamides is 1. The van der Waals surface area contributed by atoms with Gasteiger partial charge in [0.25, 0.3) is 12.3 Å². The van der Waals surface area contributed by atoms with Crippen LogP contribution in [0.3, 0.4) is 0 Å². The van der Waals surface area contributed by atoms with E-state index in [1.165, 1.54) is 31.7 Å². The third kappa shape index (κ3) is 7.82. The molecule has 5 aromatic rings. The lowest BCUT2D eigenvalue weighted by Gasteiger charge is -2.22. The number of methoxy groups -OCH3 is 1. The number of fused-ring (bicyclic) bond motifs is 4. The Morgan fingerprint density at radius 2 is 1.77 bits per heavy atom. The van der Waals surface area contributed by atoms with Crippen molar-refractivity contribution < 1.29 is 49.4 Å². The first kappa shape index (κ1) is 39.8. The fraction of sp³-hybridized carbons (Fsp3) is 0.385. The molecule has 0 unspecified atom stereocenters. The van der Waals surface area contributed by atoms with E-state index in [0.717, 1.165) is 18.4 Å². The standard InChI is InChI=1S/C39H36F6N6O5S/c1-38(2,53)11-10-23-6-7-25(26-8-9-29(56-4)31-34(26)50(3)48-37(31)49-57(5,54)55)32(46-23)20(12-19-13-21(40)16-22(41)14-19)15-24(52)18-51-35-30(33(47-51)36(42)43)27-17-28(27)39(35,44)45/h6-9,13-14,16,20,27-28,36,53H,12,15,17-18H2,1-5H3,(H,48,49)/t20-,27+,28-/m1/s1. The van der Waals surface area contributed by atoms with Crippen LogP contribution in [0.1, 0.15) is 78.9 Å². The molecule has 0 amide bonds. The Hall–Kier alpha value is -5.41. The van der Waals surface area contributed by atoms with Crippen molar-refractivity contribution in [3.8, 4) is 28.7 Å². The fourth-order valence-electron chi connectivity index (χ4n) is 7.69. The average Bonchev–Trinajstić information content (AvgIpc) is 3.65. The number of halogens is 6. The zero-order valence-corrected chi connectivity index (χ0v) is 32.0. The number of Topliss-reactive ketones (excluding diaryl/α,β-unsaturated/α-hetero) is 1. The number of pyridine rings is 1. The molecule has 300 valence electrons. The largest absolute Gasteiger partial charge is 0.496 e. The lowest BCUT2D eigenvalue weighted by molar-refractivity contribution is -0.120. The van der Waals surface area contributed by atoms with Gasteiger partial charge in [-0.15, -0.1) is 0 Å². The summed E-state index contributed by atoms with van der Waals surface area (Å²) in [5.74, 6) is -3.35. The molecule has 0 spiro atoms. The van der Waals surface area contributed by atoms with Crippen molar-refractivity contribution in [2.24, 2.45) is 13.0 Å². The normalized spacial score (nSPS) is 17.6. The zero-order valence-electron chi connectivity index (χ0n) is 31.2. The topological polar surface area (TPSA) is 141 Å². The summed E-state index contributed by atoms with van der Waals surface area (Å²) in [6.45, 7) is 2.10. The molecule has 7 rings (SSSR count). The molecule has 3 atom stereocenters. The van der Waals surface area contributed by atoms with E-state index in [0.29, 0.717) is 27.4 Å². The molecule has 2 aliphatic rings. The molecule has 3 aromatic heterocycles. The summed E-state index contributed by atoms with van der Waals surface area (Å²) in [4.78, 5) is 18.8. The molecule has 2 aromatic carbocycles. The Balaban J connectivity index is 1.40. The summed E-state index contributed by atoms with van der Waals surface area (Å²) in [5.41, 5.74) is -1.71. The molecule has 0 saturated heterocycles. The predicted molar refractivity (Wildman–Crippen MR) is 196 cm³/mol. The van der Waals surface area contributed by atoms with Crippen LogP contribution in [0.2, 0.25) is 0 Å². The first-order valence-electron chi connectivity index (χ1n) is 17.7. The Morgan fingerprint density at radius 1 is 1.09 bits per heavy atom. The Bertz CT molecular complexity index is 2600. The van der Waals surface area contributed by atoms with Gasteiger partial charge in [0, 0.05) is 48.1 Å². The van der Waals surface area contributed by atoms with Crippen LogP contribution >= 0.6 is 0 Å². The maximum Gasteiger partial charge on any atom is 0.293 e. The zero-order chi connectivity index (χ0) is 41.4. The molecule has 0 radical (unpaired) electrons.